The van der Waals surface area contributed by atoms with Crippen molar-refractivity contribution in [3.05, 3.63) is 64.1 Å². The van der Waals surface area contributed by atoms with Crippen LogP contribution in [0, 0.1) is 17.1 Å². The van der Waals surface area contributed by atoms with Crippen LogP contribution >= 0.6 is 0 Å². The summed E-state index contributed by atoms with van der Waals surface area (Å²) in [6.45, 7) is 3.82. The molecule has 2 N–H and O–H groups in total. The number of ketones is 1. The Bertz CT molecular complexity index is 1090. The van der Waals surface area contributed by atoms with Gasteiger partial charge in [-0.05, 0) is 29.8 Å². The Hall–Kier alpha value is -3.13. The van der Waals surface area contributed by atoms with Crippen molar-refractivity contribution in [2.24, 2.45) is 0 Å². The number of nitriles is 1. The summed E-state index contributed by atoms with van der Waals surface area (Å²) in [6, 6.07) is 9.44. The molecule has 0 saturated carbocycles. The first-order chi connectivity index (χ1) is 11.4. The minimum Gasteiger partial charge on any atom is -0.508 e. The third-order valence-electron chi connectivity index (χ3n) is 4.80. The second kappa shape index (κ2) is 4.45. The van der Waals surface area contributed by atoms with Crippen molar-refractivity contribution in [3.8, 4) is 11.8 Å². The number of aromatic hydroxyl groups is 1. The average molecular weight is 320 g/mol. The number of phenolic OH excluding ortho intramolecular Hbond substituents is 1. The molecule has 1 aliphatic rings. The van der Waals surface area contributed by atoms with Crippen LogP contribution in [-0.4, -0.2) is 15.9 Å². The first-order valence-corrected chi connectivity index (χ1v) is 7.49. The molecule has 0 aliphatic heterocycles. The summed E-state index contributed by atoms with van der Waals surface area (Å²) in [7, 11) is 0. The van der Waals surface area contributed by atoms with Gasteiger partial charge in [-0.25, -0.2) is 4.39 Å². The van der Waals surface area contributed by atoms with Gasteiger partial charge in [0, 0.05) is 22.1 Å². The minimum absolute atomic E-state index is 0.0680. The normalized spacial score (nSPS) is 15.0. The molecule has 0 saturated heterocycles. The zero-order valence-electron chi connectivity index (χ0n) is 13.1. The molecule has 4 nitrogen and oxygen atoms in total. The lowest BCUT2D eigenvalue weighted by Crippen LogP contribution is -2.30. The zero-order chi connectivity index (χ0) is 17.2. The van der Waals surface area contributed by atoms with Gasteiger partial charge in [0.2, 0.25) is 0 Å². The standard InChI is InChI=1S/C19H13FN2O2/c1-19(2)13-7-10(23)4-6-11(13)17(24)14-12-5-3-9(8-21)15(20)16(12)22-18(14)19/h3-7,22-23H,1-2H3. The molecule has 24 heavy (non-hydrogen) atoms. The fourth-order valence-electron chi connectivity index (χ4n) is 3.54. The number of hydrogen-bond donors (Lipinski definition) is 2. The van der Waals surface area contributed by atoms with Crippen molar-refractivity contribution in [1.29, 1.82) is 5.26 Å². The predicted octanol–water partition coefficient (Wildman–Crippen LogP) is 3.75. The van der Waals surface area contributed by atoms with Crippen LogP contribution in [0.2, 0.25) is 0 Å². The van der Waals surface area contributed by atoms with Crippen LogP contribution < -0.4 is 0 Å². The molecule has 0 fully saturated rings. The van der Waals surface area contributed by atoms with Gasteiger partial charge in [0.25, 0.3) is 0 Å². The number of phenols is 1. The molecule has 1 aliphatic carbocycles. The van der Waals surface area contributed by atoms with Gasteiger partial charge >= 0.3 is 0 Å². The molecule has 0 bridgehead atoms. The highest BCUT2D eigenvalue weighted by Crippen LogP contribution is 2.44. The van der Waals surface area contributed by atoms with Crippen LogP contribution in [0.3, 0.4) is 0 Å². The van der Waals surface area contributed by atoms with E-state index in [1.165, 1.54) is 12.1 Å². The highest BCUT2D eigenvalue weighted by Gasteiger charge is 2.40. The molecular weight excluding hydrogens is 307 g/mol. The summed E-state index contributed by atoms with van der Waals surface area (Å²) >= 11 is 0. The number of halogens is 1. The molecule has 1 aromatic heterocycles. The number of aromatic nitrogens is 1. The molecule has 0 amide bonds. The van der Waals surface area contributed by atoms with Gasteiger partial charge in [-0.2, -0.15) is 5.26 Å². The van der Waals surface area contributed by atoms with E-state index in [9.17, 15) is 14.3 Å². The van der Waals surface area contributed by atoms with Crippen LogP contribution in [0.1, 0.15) is 46.6 Å². The number of aromatic amines is 1. The Kier molecular flexibility index (Phi) is 2.68. The monoisotopic (exact) mass is 320 g/mol. The topological polar surface area (TPSA) is 76.9 Å². The van der Waals surface area contributed by atoms with Gasteiger partial charge in [0.1, 0.15) is 11.8 Å². The third kappa shape index (κ3) is 1.63. The van der Waals surface area contributed by atoms with Gasteiger partial charge in [0.05, 0.1) is 16.6 Å². The fraction of sp³-hybridized carbons (Fsp3) is 0.158. The lowest BCUT2D eigenvalue weighted by atomic mass is 9.71. The van der Waals surface area contributed by atoms with Crippen molar-refractivity contribution in [2.45, 2.75) is 19.3 Å². The summed E-state index contributed by atoms with van der Waals surface area (Å²) in [6.07, 6.45) is 0. The largest absolute Gasteiger partial charge is 0.508 e. The van der Waals surface area contributed by atoms with E-state index in [-0.39, 0.29) is 22.6 Å². The molecule has 0 unspecified atom stereocenters. The number of hydrogen-bond acceptors (Lipinski definition) is 3. The summed E-state index contributed by atoms with van der Waals surface area (Å²) in [4.78, 5) is 16.0. The fourth-order valence-corrected chi connectivity index (χ4v) is 3.54. The molecule has 4 rings (SSSR count). The highest BCUT2D eigenvalue weighted by molar-refractivity contribution is 6.20. The summed E-state index contributed by atoms with van der Waals surface area (Å²) in [5, 5.41) is 19.3. The highest BCUT2D eigenvalue weighted by atomic mass is 19.1. The number of benzene rings is 2. The number of nitrogens with one attached hydrogen (secondary N) is 1. The number of nitrogens with zero attached hydrogens (tertiary/aromatic N) is 1. The lowest BCUT2D eigenvalue weighted by Gasteiger charge is -2.32. The zero-order valence-corrected chi connectivity index (χ0v) is 13.1. The molecule has 0 spiro atoms. The maximum absolute atomic E-state index is 14.5. The molecule has 0 atom stereocenters. The van der Waals surface area contributed by atoms with Gasteiger partial charge in [-0.15, -0.1) is 0 Å². The third-order valence-corrected chi connectivity index (χ3v) is 4.80. The van der Waals surface area contributed by atoms with E-state index in [1.54, 1.807) is 18.2 Å². The summed E-state index contributed by atoms with van der Waals surface area (Å²) in [5.41, 5.74) is 1.68. The molecule has 5 heteroatoms. The van der Waals surface area contributed by atoms with Crippen LogP contribution in [0.5, 0.6) is 5.75 Å². The maximum Gasteiger partial charge on any atom is 0.195 e. The molecule has 0 radical (unpaired) electrons. The van der Waals surface area contributed by atoms with Crippen molar-refractivity contribution in [3.63, 3.8) is 0 Å². The van der Waals surface area contributed by atoms with Gasteiger partial charge in [0.15, 0.2) is 11.6 Å². The van der Waals surface area contributed by atoms with Crippen LogP contribution in [0.4, 0.5) is 4.39 Å². The molecule has 2 aromatic carbocycles. The van der Waals surface area contributed by atoms with Crippen molar-refractivity contribution >= 4 is 16.7 Å². The molecular formula is C19H13FN2O2. The second-order valence-electron chi connectivity index (χ2n) is 6.52. The number of carbonyl (C=O) groups is 1. The summed E-state index contributed by atoms with van der Waals surface area (Å²) < 4.78 is 14.5. The average Bonchev–Trinajstić information content (AvgIpc) is 2.95. The van der Waals surface area contributed by atoms with Crippen molar-refractivity contribution < 1.29 is 14.3 Å². The van der Waals surface area contributed by atoms with Crippen LogP contribution in [0.25, 0.3) is 10.9 Å². The first-order valence-electron chi connectivity index (χ1n) is 7.49. The molecule has 1 heterocycles. The number of H-pyrrole nitrogens is 1. The number of fused-ring (bicyclic) bond motifs is 4. The minimum atomic E-state index is -0.653. The number of rotatable bonds is 0. The SMILES string of the molecule is CC1(C)c2cc(O)ccc2C(=O)c2c1[nH]c1c(F)c(C#N)ccc21. The van der Waals surface area contributed by atoms with E-state index in [1.807, 2.05) is 19.9 Å². The Balaban J connectivity index is 2.13. The predicted molar refractivity (Wildman–Crippen MR) is 86.6 cm³/mol. The molecule has 118 valence electrons. The Morgan fingerprint density at radius 3 is 2.71 bits per heavy atom. The molecule has 3 aromatic rings. The van der Waals surface area contributed by atoms with E-state index >= 15 is 0 Å². The lowest BCUT2D eigenvalue weighted by molar-refractivity contribution is 0.103. The van der Waals surface area contributed by atoms with Crippen molar-refractivity contribution in [2.75, 3.05) is 0 Å². The second-order valence-corrected chi connectivity index (χ2v) is 6.52. The van der Waals surface area contributed by atoms with E-state index in [2.05, 4.69) is 4.98 Å². The van der Waals surface area contributed by atoms with Gasteiger partial charge in [-0.1, -0.05) is 19.9 Å². The van der Waals surface area contributed by atoms with Gasteiger partial charge in [-0.3, -0.25) is 4.79 Å². The van der Waals surface area contributed by atoms with E-state index in [4.69, 9.17) is 5.26 Å². The Morgan fingerprint density at radius 2 is 2.00 bits per heavy atom. The van der Waals surface area contributed by atoms with E-state index in [0.717, 1.165) is 0 Å². The van der Waals surface area contributed by atoms with Crippen LogP contribution in [0.15, 0.2) is 30.3 Å². The smallest absolute Gasteiger partial charge is 0.195 e. The maximum atomic E-state index is 14.5. The van der Waals surface area contributed by atoms with E-state index in [0.29, 0.717) is 27.8 Å². The van der Waals surface area contributed by atoms with Crippen molar-refractivity contribution in [1.82, 2.24) is 4.98 Å². The van der Waals surface area contributed by atoms with E-state index < -0.39 is 11.2 Å². The number of carbonyl (C=O) groups excluding carboxylic acids is 1. The first kappa shape index (κ1) is 14.5. The quantitative estimate of drug-likeness (QED) is 0.662. The Morgan fingerprint density at radius 1 is 1.25 bits per heavy atom. The van der Waals surface area contributed by atoms with Crippen LogP contribution in [-0.2, 0) is 5.41 Å². The summed E-state index contributed by atoms with van der Waals surface area (Å²) in [5.74, 6) is -0.790. The van der Waals surface area contributed by atoms with Gasteiger partial charge < -0.3 is 10.1 Å². The Labute approximate surface area is 137 Å².